The van der Waals surface area contributed by atoms with Gasteiger partial charge in [-0.3, -0.25) is 4.68 Å². The van der Waals surface area contributed by atoms with Crippen LogP contribution in [0.25, 0.3) is 0 Å². The zero-order chi connectivity index (χ0) is 13.3. The molecule has 0 spiro atoms. The number of nitrogens with zero attached hydrogens (tertiary/aromatic N) is 4. The van der Waals surface area contributed by atoms with Crippen LogP contribution in [0.3, 0.4) is 0 Å². The number of aromatic nitrogens is 4. The summed E-state index contributed by atoms with van der Waals surface area (Å²) < 4.78 is 1.72. The van der Waals surface area contributed by atoms with Gasteiger partial charge in [0.05, 0.1) is 0 Å². The van der Waals surface area contributed by atoms with Gasteiger partial charge >= 0.3 is 0 Å². The van der Waals surface area contributed by atoms with Gasteiger partial charge in [0, 0.05) is 30.8 Å². The second-order valence-electron chi connectivity index (χ2n) is 5.15. The van der Waals surface area contributed by atoms with Crippen molar-refractivity contribution in [3.63, 3.8) is 0 Å². The number of aryl methyl sites for hydroxylation is 1. The SMILES string of the molecule is Cn1ccc(Nc2cc(Cl)nc(C(C)(C)C)n2)n1. The minimum Gasteiger partial charge on any atom is -0.323 e. The Kier molecular flexibility index (Phi) is 3.26. The number of halogens is 1. The summed E-state index contributed by atoms with van der Waals surface area (Å²) >= 11 is 6.01. The maximum absolute atomic E-state index is 6.01. The van der Waals surface area contributed by atoms with E-state index in [1.807, 2.05) is 40.1 Å². The summed E-state index contributed by atoms with van der Waals surface area (Å²) in [5.74, 6) is 2.08. The zero-order valence-corrected chi connectivity index (χ0v) is 11.7. The number of hydrogen-bond acceptors (Lipinski definition) is 4. The van der Waals surface area contributed by atoms with Gasteiger partial charge in [-0.2, -0.15) is 5.10 Å². The molecule has 0 aliphatic carbocycles. The first kappa shape index (κ1) is 12.8. The second-order valence-corrected chi connectivity index (χ2v) is 5.54. The predicted octanol–water partition coefficient (Wildman–Crippen LogP) is 2.90. The molecule has 2 rings (SSSR count). The highest BCUT2D eigenvalue weighted by Crippen LogP contribution is 2.23. The van der Waals surface area contributed by atoms with Crippen molar-refractivity contribution < 1.29 is 0 Å². The number of hydrogen-bond donors (Lipinski definition) is 1. The summed E-state index contributed by atoms with van der Waals surface area (Å²) in [6.45, 7) is 6.13. The van der Waals surface area contributed by atoms with E-state index in [1.54, 1.807) is 10.7 Å². The number of nitrogens with one attached hydrogen (secondary N) is 1. The molecule has 0 aliphatic heterocycles. The number of rotatable bonds is 2. The van der Waals surface area contributed by atoms with Crippen molar-refractivity contribution in [2.75, 3.05) is 5.32 Å². The molecule has 0 atom stereocenters. The second kappa shape index (κ2) is 4.57. The minimum absolute atomic E-state index is 0.147. The largest absolute Gasteiger partial charge is 0.323 e. The fourth-order valence-corrected chi connectivity index (χ4v) is 1.61. The Morgan fingerprint density at radius 3 is 2.50 bits per heavy atom. The van der Waals surface area contributed by atoms with Crippen molar-refractivity contribution in [2.45, 2.75) is 26.2 Å². The van der Waals surface area contributed by atoms with E-state index in [4.69, 9.17) is 11.6 Å². The first-order chi connectivity index (χ1) is 8.34. The Labute approximate surface area is 111 Å². The molecule has 18 heavy (non-hydrogen) atoms. The third-order valence-electron chi connectivity index (χ3n) is 2.34. The molecule has 6 heteroatoms. The number of anilines is 2. The van der Waals surface area contributed by atoms with Gasteiger partial charge in [0.15, 0.2) is 5.82 Å². The molecule has 0 radical (unpaired) electrons. The van der Waals surface area contributed by atoms with Crippen molar-refractivity contribution in [1.82, 2.24) is 19.7 Å². The molecule has 0 aliphatic rings. The Morgan fingerprint density at radius 1 is 1.22 bits per heavy atom. The minimum atomic E-state index is -0.147. The summed E-state index contributed by atoms with van der Waals surface area (Å²) in [6, 6.07) is 3.55. The van der Waals surface area contributed by atoms with Crippen LogP contribution >= 0.6 is 11.6 Å². The van der Waals surface area contributed by atoms with Crippen LogP contribution < -0.4 is 5.32 Å². The molecule has 0 unspecified atom stereocenters. The lowest BCUT2D eigenvalue weighted by atomic mass is 9.96. The first-order valence-corrected chi connectivity index (χ1v) is 6.04. The van der Waals surface area contributed by atoms with E-state index in [-0.39, 0.29) is 5.41 Å². The molecule has 0 amide bonds. The van der Waals surface area contributed by atoms with Crippen molar-refractivity contribution in [3.8, 4) is 0 Å². The highest BCUT2D eigenvalue weighted by Gasteiger charge is 2.19. The van der Waals surface area contributed by atoms with E-state index in [9.17, 15) is 0 Å². The topological polar surface area (TPSA) is 55.6 Å². The van der Waals surface area contributed by atoms with Gasteiger partial charge in [-0.15, -0.1) is 0 Å². The quantitative estimate of drug-likeness (QED) is 0.849. The molecule has 0 bridgehead atoms. The van der Waals surface area contributed by atoms with Gasteiger partial charge in [-0.05, 0) is 0 Å². The molecule has 0 aromatic carbocycles. The third kappa shape index (κ3) is 2.98. The monoisotopic (exact) mass is 265 g/mol. The average Bonchev–Trinajstić information content (AvgIpc) is 2.61. The Hall–Kier alpha value is -1.62. The lowest BCUT2D eigenvalue weighted by Gasteiger charge is -2.17. The van der Waals surface area contributed by atoms with Crippen molar-refractivity contribution in [2.24, 2.45) is 7.05 Å². The summed E-state index contributed by atoms with van der Waals surface area (Å²) in [6.07, 6.45) is 1.86. The summed E-state index contributed by atoms with van der Waals surface area (Å²) in [7, 11) is 1.86. The van der Waals surface area contributed by atoms with Crippen LogP contribution in [-0.2, 0) is 12.5 Å². The van der Waals surface area contributed by atoms with Crippen molar-refractivity contribution in [3.05, 3.63) is 29.3 Å². The summed E-state index contributed by atoms with van der Waals surface area (Å²) in [4.78, 5) is 8.69. The Balaban J connectivity index is 2.31. The molecule has 5 nitrogen and oxygen atoms in total. The molecule has 2 aromatic heterocycles. The smallest absolute Gasteiger partial charge is 0.153 e. The van der Waals surface area contributed by atoms with Gasteiger partial charge in [0.25, 0.3) is 0 Å². The van der Waals surface area contributed by atoms with Crippen LogP contribution in [0.4, 0.5) is 11.6 Å². The maximum Gasteiger partial charge on any atom is 0.153 e. The van der Waals surface area contributed by atoms with Gasteiger partial charge in [0.2, 0.25) is 0 Å². The normalized spacial score (nSPS) is 11.6. The van der Waals surface area contributed by atoms with Gasteiger partial charge in [-0.1, -0.05) is 32.4 Å². The van der Waals surface area contributed by atoms with E-state index < -0.39 is 0 Å². The fraction of sp³-hybridized carbons (Fsp3) is 0.417. The Morgan fingerprint density at radius 2 is 1.94 bits per heavy atom. The lowest BCUT2D eigenvalue weighted by Crippen LogP contribution is -2.16. The van der Waals surface area contributed by atoms with E-state index in [0.29, 0.717) is 16.8 Å². The van der Waals surface area contributed by atoms with Crippen LogP contribution in [0.5, 0.6) is 0 Å². The van der Waals surface area contributed by atoms with Crippen LogP contribution in [-0.4, -0.2) is 19.7 Å². The van der Waals surface area contributed by atoms with Crippen LogP contribution in [0.1, 0.15) is 26.6 Å². The van der Waals surface area contributed by atoms with E-state index >= 15 is 0 Å². The van der Waals surface area contributed by atoms with Crippen LogP contribution in [0.15, 0.2) is 18.3 Å². The predicted molar refractivity (Wildman–Crippen MR) is 72.2 cm³/mol. The lowest BCUT2D eigenvalue weighted by molar-refractivity contribution is 0.546. The van der Waals surface area contributed by atoms with Crippen LogP contribution in [0, 0.1) is 0 Å². The first-order valence-electron chi connectivity index (χ1n) is 5.66. The summed E-state index contributed by atoms with van der Waals surface area (Å²) in [5.41, 5.74) is -0.147. The average molecular weight is 266 g/mol. The Bertz CT molecular complexity index is 556. The van der Waals surface area contributed by atoms with Gasteiger partial charge in [-0.25, -0.2) is 9.97 Å². The van der Waals surface area contributed by atoms with Crippen LogP contribution in [0.2, 0.25) is 5.15 Å². The molecular weight excluding hydrogens is 250 g/mol. The molecule has 96 valence electrons. The van der Waals surface area contributed by atoms with Crippen molar-refractivity contribution >= 4 is 23.2 Å². The van der Waals surface area contributed by atoms with Crippen molar-refractivity contribution in [1.29, 1.82) is 0 Å². The standard InChI is InChI=1S/C12H16ClN5/c1-12(2,3)11-14-8(13)7-10(16-11)15-9-5-6-18(4)17-9/h5-7H,1-4H3,(H,14,15,16,17). The van der Waals surface area contributed by atoms with E-state index in [2.05, 4.69) is 20.4 Å². The zero-order valence-electron chi connectivity index (χ0n) is 10.9. The highest BCUT2D eigenvalue weighted by molar-refractivity contribution is 6.29. The molecule has 1 N–H and O–H groups in total. The molecule has 0 fully saturated rings. The maximum atomic E-state index is 6.01. The fourth-order valence-electron chi connectivity index (χ4n) is 1.43. The molecule has 2 heterocycles. The van der Waals surface area contributed by atoms with E-state index in [1.165, 1.54) is 0 Å². The summed E-state index contributed by atoms with van der Waals surface area (Å²) in [5, 5.41) is 7.76. The van der Waals surface area contributed by atoms with E-state index in [0.717, 1.165) is 5.82 Å². The molecule has 0 saturated carbocycles. The third-order valence-corrected chi connectivity index (χ3v) is 2.53. The molecule has 0 saturated heterocycles. The molecule has 2 aromatic rings. The molecular formula is C12H16ClN5. The highest BCUT2D eigenvalue weighted by atomic mass is 35.5. The van der Waals surface area contributed by atoms with Gasteiger partial charge < -0.3 is 5.32 Å². The van der Waals surface area contributed by atoms with Gasteiger partial charge in [0.1, 0.15) is 16.8 Å².